The molecular weight excluding hydrogens is 450 g/mol. The standard InChI is InChI=1S/C24H31N7O2S/c1-5-33-19-10-17(26)14(11-25)8-18(19)30-22-21-16-7-6-15(29-24(32)31(4)13(2)3)9-20(16)34-23(21)28-12-27-22/h8,10-13,15,25H,5-7,9,26H2,1-4H3,(H,29,32)(H,27,28,30)/p+1. The first kappa shape index (κ1) is 23.7. The van der Waals surface area contributed by atoms with E-state index in [1.54, 1.807) is 28.6 Å². The van der Waals surface area contributed by atoms with Crippen LogP contribution in [-0.2, 0) is 12.8 Å². The normalized spacial score (nSPS) is 15.1. The molecule has 1 unspecified atom stereocenters. The summed E-state index contributed by atoms with van der Waals surface area (Å²) >= 11 is 1.66. The van der Waals surface area contributed by atoms with E-state index in [-0.39, 0.29) is 18.1 Å². The number of nitrogens with zero attached hydrogens (tertiary/aromatic N) is 3. The van der Waals surface area contributed by atoms with Crippen molar-refractivity contribution >= 4 is 51.0 Å². The van der Waals surface area contributed by atoms with Gasteiger partial charge in [-0.05, 0) is 45.2 Å². The van der Waals surface area contributed by atoms with Crippen molar-refractivity contribution in [2.75, 3.05) is 24.7 Å². The molecule has 0 aliphatic heterocycles. The molecule has 34 heavy (non-hydrogen) atoms. The number of nitrogen functional groups attached to an aromatic ring is 1. The molecule has 0 saturated heterocycles. The Hall–Kier alpha value is -3.40. The van der Waals surface area contributed by atoms with Crippen molar-refractivity contribution in [3.05, 3.63) is 34.5 Å². The molecule has 2 aromatic heterocycles. The van der Waals surface area contributed by atoms with Gasteiger partial charge in [-0.2, -0.15) is 0 Å². The first-order valence-corrected chi connectivity index (χ1v) is 12.3. The molecule has 1 atom stereocenters. The van der Waals surface area contributed by atoms with Crippen LogP contribution < -0.4 is 26.5 Å². The van der Waals surface area contributed by atoms with Crippen LogP contribution in [0.3, 0.4) is 0 Å². The Morgan fingerprint density at radius 3 is 2.91 bits per heavy atom. The molecule has 180 valence electrons. The van der Waals surface area contributed by atoms with E-state index in [1.165, 1.54) is 16.7 Å². The minimum atomic E-state index is -0.0361. The molecule has 4 rings (SSSR count). The molecule has 1 aliphatic carbocycles. The lowest BCUT2D eigenvalue weighted by atomic mass is 9.93. The summed E-state index contributed by atoms with van der Waals surface area (Å²) in [7, 11) is 1.82. The van der Waals surface area contributed by atoms with Crippen molar-refractivity contribution in [2.45, 2.75) is 52.1 Å². The number of nitrogens with two attached hydrogens (primary N) is 2. The van der Waals surface area contributed by atoms with Gasteiger partial charge in [0.15, 0.2) is 6.21 Å². The molecule has 0 saturated carbocycles. The lowest BCUT2D eigenvalue weighted by molar-refractivity contribution is -0.104. The second-order valence-corrected chi connectivity index (χ2v) is 9.79. The minimum Gasteiger partial charge on any atom is -0.492 e. The van der Waals surface area contributed by atoms with Gasteiger partial charge in [-0.1, -0.05) is 0 Å². The quantitative estimate of drug-likeness (QED) is 0.302. The highest BCUT2D eigenvalue weighted by Gasteiger charge is 2.27. The SMILES string of the molecule is CCOc1cc(N)c(C=[NH2+])cc1Nc1ncnc2sc3c(c12)CCC(NC(=O)N(C)C(C)C)C3. The average Bonchev–Trinajstić information content (AvgIpc) is 3.18. The first-order valence-electron chi connectivity index (χ1n) is 11.5. The number of fused-ring (bicyclic) bond motifs is 3. The van der Waals surface area contributed by atoms with Crippen LogP contribution in [0.1, 0.15) is 43.2 Å². The van der Waals surface area contributed by atoms with E-state index < -0.39 is 0 Å². The van der Waals surface area contributed by atoms with E-state index >= 15 is 0 Å². The Morgan fingerprint density at radius 2 is 2.21 bits per heavy atom. The van der Waals surface area contributed by atoms with Crippen molar-refractivity contribution in [3.63, 3.8) is 0 Å². The van der Waals surface area contributed by atoms with Crippen LogP contribution in [0, 0.1) is 0 Å². The topological polar surface area (TPSA) is 131 Å². The zero-order valence-corrected chi connectivity index (χ0v) is 20.8. The van der Waals surface area contributed by atoms with E-state index in [2.05, 4.69) is 20.6 Å². The van der Waals surface area contributed by atoms with Crippen molar-refractivity contribution in [1.29, 1.82) is 0 Å². The molecule has 0 bridgehead atoms. The van der Waals surface area contributed by atoms with Crippen LogP contribution in [0.25, 0.3) is 10.2 Å². The molecule has 3 aromatic rings. The molecular formula is C24H32N7O2S+. The number of carbonyl (C=O) groups is 1. The molecule has 10 heteroatoms. The predicted octanol–water partition coefficient (Wildman–Crippen LogP) is 2.50. The zero-order valence-electron chi connectivity index (χ0n) is 20.0. The largest absolute Gasteiger partial charge is 0.492 e. The van der Waals surface area contributed by atoms with Crippen molar-refractivity contribution < 1.29 is 14.9 Å². The third-order valence-corrected chi connectivity index (χ3v) is 7.35. The van der Waals surface area contributed by atoms with Gasteiger partial charge in [-0.3, -0.25) is 5.41 Å². The van der Waals surface area contributed by atoms with E-state index in [0.29, 0.717) is 23.6 Å². The highest BCUT2D eigenvalue weighted by Crippen LogP contribution is 2.40. The van der Waals surface area contributed by atoms with E-state index in [9.17, 15) is 4.79 Å². The molecule has 1 aliphatic rings. The third kappa shape index (κ3) is 4.63. The number of amides is 2. The van der Waals surface area contributed by atoms with Crippen LogP contribution in [0.4, 0.5) is 22.0 Å². The number of aryl methyl sites for hydroxylation is 1. The summed E-state index contributed by atoms with van der Waals surface area (Å²) in [4.78, 5) is 25.5. The van der Waals surface area contributed by atoms with Gasteiger partial charge in [0.05, 0.1) is 23.2 Å². The molecule has 9 nitrogen and oxygen atoms in total. The summed E-state index contributed by atoms with van der Waals surface area (Å²) < 4.78 is 5.80. The first-order chi connectivity index (χ1) is 16.3. The summed E-state index contributed by atoms with van der Waals surface area (Å²) in [6, 6.07) is 3.85. The number of nitrogens with one attached hydrogen (secondary N) is 2. The Kier molecular flexibility index (Phi) is 6.87. The van der Waals surface area contributed by atoms with Crippen molar-refractivity contribution in [3.8, 4) is 5.75 Å². The molecule has 0 fully saturated rings. The van der Waals surface area contributed by atoms with Gasteiger partial charge < -0.3 is 26.0 Å². The Morgan fingerprint density at radius 1 is 1.41 bits per heavy atom. The Balaban J connectivity index is 1.64. The number of hydrogen-bond donors (Lipinski definition) is 4. The third-order valence-electron chi connectivity index (χ3n) is 6.19. The number of ether oxygens (including phenoxy) is 1. The van der Waals surface area contributed by atoms with Crippen LogP contribution in [-0.4, -0.2) is 52.9 Å². The summed E-state index contributed by atoms with van der Waals surface area (Å²) in [5.74, 6) is 1.36. The summed E-state index contributed by atoms with van der Waals surface area (Å²) in [6.45, 7) is 6.44. The lowest BCUT2D eigenvalue weighted by Crippen LogP contribution is -2.47. The number of anilines is 3. The van der Waals surface area contributed by atoms with Gasteiger partial charge >= 0.3 is 6.03 Å². The van der Waals surface area contributed by atoms with Gasteiger partial charge in [0.2, 0.25) is 0 Å². The summed E-state index contributed by atoms with van der Waals surface area (Å²) in [5.41, 5.74) is 9.34. The fraction of sp³-hybridized carbons (Fsp3) is 0.417. The maximum absolute atomic E-state index is 12.5. The van der Waals surface area contributed by atoms with Gasteiger partial charge in [-0.25, -0.2) is 14.8 Å². The molecule has 0 spiro atoms. The summed E-state index contributed by atoms with van der Waals surface area (Å²) in [6.07, 6.45) is 5.53. The monoisotopic (exact) mass is 482 g/mol. The van der Waals surface area contributed by atoms with E-state index in [4.69, 9.17) is 15.9 Å². The number of rotatable bonds is 7. The molecule has 1 aromatic carbocycles. The second-order valence-electron chi connectivity index (χ2n) is 8.70. The smallest absolute Gasteiger partial charge is 0.317 e. The van der Waals surface area contributed by atoms with Crippen LogP contribution in [0.5, 0.6) is 5.75 Å². The molecule has 0 radical (unpaired) electrons. The van der Waals surface area contributed by atoms with Crippen LogP contribution in [0.15, 0.2) is 18.5 Å². The number of urea groups is 1. The van der Waals surface area contributed by atoms with E-state index in [1.807, 2.05) is 33.9 Å². The number of carbonyl (C=O) groups excluding carboxylic acids is 1. The van der Waals surface area contributed by atoms with Gasteiger partial charge in [0, 0.05) is 42.2 Å². The number of aromatic nitrogens is 2. The average molecular weight is 483 g/mol. The van der Waals surface area contributed by atoms with Gasteiger partial charge in [0.1, 0.15) is 22.7 Å². The van der Waals surface area contributed by atoms with Crippen LogP contribution in [0.2, 0.25) is 0 Å². The highest BCUT2D eigenvalue weighted by molar-refractivity contribution is 7.19. The Labute approximate surface area is 203 Å². The lowest BCUT2D eigenvalue weighted by Gasteiger charge is -2.28. The summed E-state index contributed by atoms with van der Waals surface area (Å²) in [5, 5.41) is 13.4. The van der Waals surface area contributed by atoms with Gasteiger partial charge in [-0.15, -0.1) is 11.3 Å². The fourth-order valence-electron chi connectivity index (χ4n) is 4.10. The number of benzene rings is 1. The van der Waals surface area contributed by atoms with E-state index in [0.717, 1.165) is 41.0 Å². The number of thiophene rings is 1. The maximum atomic E-state index is 12.5. The van der Waals surface area contributed by atoms with Crippen LogP contribution >= 0.6 is 11.3 Å². The zero-order chi connectivity index (χ0) is 24.4. The molecule has 2 heterocycles. The highest BCUT2D eigenvalue weighted by atomic mass is 32.1. The minimum absolute atomic E-state index is 0.0361. The predicted molar refractivity (Wildman–Crippen MR) is 137 cm³/mol. The Bertz CT molecular complexity index is 1220. The second kappa shape index (κ2) is 9.84. The maximum Gasteiger partial charge on any atom is 0.317 e. The fourth-order valence-corrected chi connectivity index (χ4v) is 5.36. The van der Waals surface area contributed by atoms with Gasteiger partial charge in [0.25, 0.3) is 0 Å². The molecule has 2 amide bonds. The van der Waals surface area contributed by atoms with Crippen molar-refractivity contribution in [2.24, 2.45) is 0 Å². The number of hydrogen-bond acceptors (Lipinski definition) is 7. The van der Waals surface area contributed by atoms with Crippen molar-refractivity contribution in [1.82, 2.24) is 20.2 Å². The molecule has 6 N–H and O–H groups in total.